The molecule has 118 valence electrons. The maximum Gasteiger partial charge on any atom is 0.246 e. The summed E-state index contributed by atoms with van der Waals surface area (Å²) in [5.41, 5.74) is 0.888. The van der Waals surface area contributed by atoms with E-state index in [0.29, 0.717) is 26.2 Å². The lowest BCUT2D eigenvalue weighted by molar-refractivity contribution is -0.126. The van der Waals surface area contributed by atoms with Gasteiger partial charge in [-0.05, 0) is 25.7 Å². The lowest BCUT2D eigenvalue weighted by atomic mass is 9.70. The Morgan fingerprint density at radius 2 is 2.29 bits per heavy atom. The maximum absolute atomic E-state index is 11.8. The van der Waals surface area contributed by atoms with Gasteiger partial charge in [0.1, 0.15) is 6.61 Å². The number of piperidine rings is 1. The first-order valence-corrected chi connectivity index (χ1v) is 7.50. The molecule has 1 aliphatic heterocycles. The predicted molar refractivity (Wildman–Crippen MR) is 77.4 cm³/mol. The van der Waals surface area contributed by atoms with Crippen molar-refractivity contribution in [3.63, 3.8) is 0 Å². The van der Waals surface area contributed by atoms with Crippen molar-refractivity contribution < 1.29 is 19.1 Å². The van der Waals surface area contributed by atoms with Gasteiger partial charge in [-0.25, -0.2) is 0 Å². The molecule has 1 atom stereocenters. The Morgan fingerprint density at radius 1 is 1.43 bits per heavy atom. The molecule has 6 heteroatoms. The summed E-state index contributed by atoms with van der Waals surface area (Å²) in [6.07, 6.45) is 6.52. The number of ether oxygens (including phenoxy) is 2. The quantitative estimate of drug-likeness (QED) is 0.679. The number of fused-ring (bicyclic) bond motifs is 1. The minimum Gasteiger partial charge on any atom is -0.382 e. The van der Waals surface area contributed by atoms with Crippen LogP contribution in [0.2, 0.25) is 0 Å². The number of rotatable bonds is 7. The van der Waals surface area contributed by atoms with Gasteiger partial charge < -0.3 is 20.1 Å². The second-order valence-electron chi connectivity index (χ2n) is 5.66. The minimum atomic E-state index is -0.123. The number of hydrogen-bond acceptors (Lipinski definition) is 4. The average Bonchev–Trinajstić information content (AvgIpc) is 2.50. The normalized spacial score (nSPS) is 24.8. The van der Waals surface area contributed by atoms with Gasteiger partial charge in [-0.15, -0.1) is 0 Å². The van der Waals surface area contributed by atoms with Crippen LogP contribution in [-0.2, 0) is 19.1 Å². The molecule has 0 aromatic carbocycles. The van der Waals surface area contributed by atoms with E-state index in [1.54, 1.807) is 7.11 Å². The Morgan fingerprint density at radius 3 is 3.10 bits per heavy atom. The summed E-state index contributed by atoms with van der Waals surface area (Å²) in [4.78, 5) is 23.3. The van der Waals surface area contributed by atoms with Crippen LogP contribution in [0.15, 0.2) is 11.8 Å². The smallest absolute Gasteiger partial charge is 0.246 e. The van der Waals surface area contributed by atoms with Gasteiger partial charge in [0.05, 0.1) is 13.2 Å². The van der Waals surface area contributed by atoms with E-state index < -0.39 is 0 Å². The fourth-order valence-corrected chi connectivity index (χ4v) is 2.94. The molecule has 2 aliphatic rings. The van der Waals surface area contributed by atoms with Crippen LogP contribution < -0.4 is 10.6 Å². The SMILES string of the molecule is COCCOCC(=O)NCC12CCCC=C1NC(=O)CC2. The van der Waals surface area contributed by atoms with Crippen molar-refractivity contribution in [3.8, 4) is 0 Å². The van der Waals surface area contributed by atoms with E-state index in [9.17, 15) is 9.59 Å². The van der Waals surface area contributed by atoms with Crippen molar-refractivity contribution in [1.82, 2.24) is 10.6 Å². The molecule has 1 saturated heterocycles. The third-order valence-electron chi connectivity index (χ3n) is 4.17. The fraction of sp³-hybridized carbons (Fsp3) is 0.733. The zero-order valence-corrected chi connectivity index (χ0v) is 12.6. The monoisotopic (exact) mass is 296 g/mol. The molecule has 1 heterocycles. The molecular weight excluding hydrogens is 272 g/mol. The number of hydrogen-bond donors (Lipinski definition) is 2. The van der Waals surface area contributed by atoms with Gasteiger partial charge in [0.25, 0.3) is 0 Å². The van der Waals surface area contributed by atoms with Crippen LogP contribution in [-0.4, -0.2) is 45.3 Å². The lowest BCUT2D eigenvalue weighted by Crippen LogP contribution is -2.49. The number of carbonyl (C=O) groups excluding carboxylic acids is 2. The van der Waals surface area contributed by atoms with Crippen molar-refractivity contribution in [2.45, 2.75) is 32.1 Å². The van der Waals surface area contributed by atoms with Crippen LogP contribution in [0.4, 0.5) is 0 Å². The third kappa shape index (κ3) is 4.28. The maximum atomic E-state index is 11.8. The van der Waals surface area contributed by atoms with Crippen LogP contribution in [0.3, 0.4) is 0 Å². The summed E-state index contributed by atoms with van der Waals surface area (Å²) < 4.78 is 10.1. The summed E-state index contributed by atoms with van der Waals surface area (Å²) in [5, 5.41) is 5.90. The van der Waals surface area contributed by atoms with Gasteiger partial charge in [-0.3, -0.25) is 9.59 Å². The van der Waals surface area contributed by atoms with Crippen molar-refractivity contribution in [3.05, 3.63) is 11.8 Å². The molecule has 2 amide bonds. The molecule has 0 saturated carbocycles. The molecule has 1 unspecified atom stereocenters. The molecule has 21 heavy (non-hydrogen) atoms. The van der Waals surface area contributed by atoms with E-state index >= 15 is 0 Å². The molecule has 0 bridgehead atoms. The number of amides is 2. The minimum absolute atomic E-state index is 0.0465. The van der Waals surface area contributed by atoms with Gasteiger partial charge in [-0.1, -0.05) is 6.08 Å². The summed E-state index contributed by atoms with van der Waals surface area (Å²) in [6.45, 7) is 1.50. The molecule has 2 N–H and O–H groups in total. The van der Waals surface area contributed by atoms with E-state index in [0.717, 1.165) is 31.4 Å². The fourth-order valence-electron chi connectivity index (χ4n) is 2.94. The molecule has 0 aromatic heterocycles. The van der Waals surface area contributed by atoms with Crippen LogP contribution in [0.5, 0.6) is 0 Å². The highest BCUT2D eigenvalue weighted by atomic mass is 16.5. The second-order valence-corrected chi connectivity index (χ2v) is 5.66. The number of allylic oxidation sites excluding steroid dienone is 1. The molecule has 0 aromatic rings. The Kier molecular flexibility index (Phi) is 5.76. The van der Waals surface area contributed by atoms with Crippen molar-refractivity contribution in [2.75, 3.05) is 33.5 Å². The largest absolute Gasteiger partial charge is 0.382 e. The summed E-state index contributed by atoms with van der Waals surface area (Å²) in [5.74, 6) is -0.0460. The highest BCUT2D eigenvalue weighted by molar-refractivity contribution is 5.80. The molecule has 1 aliphatic carbocycles. The van der Waals surface area contributed by atoms with Gasteiger partial charge in [0, 0.05) is 31.2 Å². The zero-order valence-electron chi connectivity index (χ0n) is 12.6. The highest BCUT2D eigenvalue weighted by Crippen LogP contribution is 2.42. The van der Waals surface area contributed by atoms with Gasteiger partial charge >= 0.3 is 0 Å². The molecule has 0 spiro atoms. The Labute approximate surface area is 125 Å². The van der Waals surface area contributed by atoms with E-state index in [2.05, 4.69) is 16.7 Å². The van der Waals surface area contributed by atoms with Crippen LogP contribution in [0.25, 0.3) is 0 Å². The van der Waals surface area contributed by atoms with E-state index in [1.807, 2.05) is 0 Å². The van der Waals surface area contributed by atoms with Crippen molar-refractivity contribution >= 4 is 11.8 Å². The third-order valence-corrected chi connectivity index (χ3v) is 4.17. The van der Waals surface area contributed by atoms with Crippen LogP contribution in [0, 0.1) is 5.41 Å². The van der Waals surface area contributed by atoms with Gasteiger partial charge in [0.15, 0.2) is 0 Å². The lowest BCUT2D eigenvalue weighted by Gasteiger charge is -2.42. The molecular formula is C15H24N2O4. The predicted octanol–water partition coefficient (Wildman–Crippen LogP) is 0.730. The first-order chi connectivity index (χ1) is 10.2. The Bertz CT molecular complexity index is 422. The molecule has 0 radical (unpaired) electrons. The second kappa shape index (κ2) is 7.56. The Balaban J connectivity index is 1.82. The van der Waals surface area contributed by atoms with Gasteiger partial charge in [0.2, 0.25) is 11.8 Å². The summed E-state index contributed by atoms with van der Waals surface area (Å²) >= 11 is 0. The zero-order chi connectivity index (χ0) is 15.1. The Hall–Kier alpha value is -1.40. The van der Waals surface area contributed by atoms with E-state index in [-0.39, 0.29) is 23.8 Å². The highest BCUT2D eigenvalue weighted by Gasteiger charge is 2.40. The van der Waals surface area contributed by atoms with Gasteiger partial charge in [-0.2, -0.15) is 0 Å². The van der Waals surface area contributed by atoms with Crippen LogP contribution >= 0.6 is 0 Å². The van der Waals surface area contributed by atoms with Crippen molar-refractivity contribution in [2.24, 2.45) is 5.41 Å². The number of carbonyl (C=O) groups is 2. The summed E-state index contributed by atoms with van der Waals surface area (Å²) in [6, 6.07) is 0. The first kappa shape index (κ1) is 16.0. The van der Waals surface area contributed by atoms with E-state index in [4.69, 9.17) is 9.47 Å². The molecule has 2 rings (SSSR count). The van der Waals surface area contributed by atoms with Crippen molar-refractivity contribution in [1.29, 1.82) is 0 Å². The van der Waals surface area contributed by atoms with E-state index in [1.165, 1.54) is 0 Å². The molecule has 6 nitrogen and oxygen atoms in total. The topological polar surface area (TPSA) is 76.7 Å². The number of nitrogens with one attached hydrogen (secondary N) is 2. The average molecular weight is 296 g/mol. The van der Waals surface area contributed by atoms with Crippen LogP contribution in [0.1, 0.15) is 32.1 Å². The summed E-state index contributed by atoms with van der Waals surface area (Å²) in [7, 11) is 1.59. The first-order valence-electron chi connectivity index (χ1n) is 7.50. The number of methoxy groups -OCH3 is 1. The molecule has 1 fully saturated rings. The standard InChI is InChI=1S/C15H24N2O4/c1-20-8-9-21-10-14(19)16-11-15-6-3-2-4-12(15)17-13(18)5-7-15/h4H,2-3,5-11H2,1H3,(H,16,19)(H,17,18).